The van der Waals surface area contributed by atoms with Crippen LogP contribution in [0.25, 0.3) is 20.2 Å². The lowest BCUT2D eigenvalue weighted by atomic mass is 10.1. The maximum Gasteiger partial charge on any atom is 0.196 e. The Morgan fingerprint density at radius 3 is 2.72 bits per heavy atom. The van der Waals surface area contributed by atoms with Gasteiger partial charge in [-0.05, 0) is 30.7 Å². The quantitative estimate of drug-likeness (QED) is 0.497. The number of hydrogen-bond acceptors (Lipinski definition) is 3. The van der Waals surface area contributed by atoms with Gasteiger partial charge in [0.1, 0.15) is 5.75 Å². The second-order valence-corrected chi connectivity index (χ2v) is 5.42. The van der Waals surface area contributed by atoms with Crippen LogP contribution in [-0.4, -0.2) is 0 Å². The van der Waals surface area contributed by atoms with Crippen LogP contribution in [0.2, 0.25) is 0 Å². The van der Waals surface area contributed by atoms with E-state index in [0.717, 1.165) is 31.5 Å². The van der Waals surface area contributed by atoms with E-state index < -0.39 is 0 Å². The van der Waals surface area contributed by atoms with Gasteiger partial charge in [-0.15, -0.1) is 11.3 Å². The van der Waals surface area contributed by atoms with Gasteiger partial charge in [-0.2, -0.15) is 0 Å². The smallest absolute Gasteiger partial charge is 0.196 e. The SMILES string of the molecule is Cc1ccc(OP)c2sc3ccccc3c(=O)c12. The maximum absolute atomic E-state index is 12.5. The Hall–Kier alpha value is -1.44. The summed E-state index contributed by atoms with van der Waals surface area (Å²) in [6.45, 7) is 1.96. The Morgan fingerprint density at radius 1 is 1.17 bits per heavy atom. The molecular formula is C14H11O2PS. The summed E-state index contributed by atoms with van der Waals surface area (Å²) in [6, 6.07) is 11.5. The fraction of sp³-hybridized carbons (Fsp3) is 0.0714. The first-order chi connectivity index (χ1) is 8.72. The third-order valence-corrected chi connectivity index (χ3v) is 4.47. The fourth-order valence-corrected chi connectivity index (χ4v) is 3.62. The molecule has 0 aliphatic heterocycles. The fourth-order valence-electron chi connectivity index (χ4n) is 2.13. The number of fused-ring (bicyclic) bond motifs is 2. The molecule has 0 amide bonds. The van der Waals surface area contributed by atoms with Crippen LogP contribution in [0.3, 0.4) is 0 Å². The minimum Gasteiger partial charge on any atom is -0.479 e. The molecule has 3 aromatic rings. The average molecular weight is 274 g/mol. The summed E-state index contributed by atoms with van der Waals surface area (Å²) in [4.78, 5) is 12.5. The molecule has 3 rings (SSSR count). The number of aryl methyl sites for hydroxylation is 1. The van der Waals surface area contributed by atoms with Gasteiger partial charge in [0.25, 0.3) is 0 Å². The molecule has 1 unspecified atom stereocenters. The van der Waals surface area contributed by atoms with Crippen LogP contribution in [0.15, 0.2) is 41.2 Å². The normalized spacial score (nSPS) is 11.0. The van der Waals surface area contributed by atoms with Gasteiger partial charge in [0.05, 0.1) is 14.2 Å². The molecule has 1 heterocycles. The van der Waals surface area contributed by atoms with E-state index in [0.29, 0.717) is 0 Å². The Bertz CT molecular complexity index is 808. The standard InChI is InChI=1S/C14H11O2PS/c1-8-6-7-10(16-17)14-12(8)13(15)9-4-2-3-5-11(9)18-14/h2-7H,17H2,1H3. The van der Waals surface area contributed by atoms with Gasteiger partial charge in [0.15, 0.2) is 5.43 Å². The molecule has 0 aliphatic rings. The Kier molecular flexibility index (Phi) is 2.81. The van der Waals surface area contributed by atoms with Crippen molar-refractivity contribution in [3.63, 3.8) is 0 Å². The summed E-state index contributed by atoms with van der Waals surface area (Å²) in [5.74, 6) is 0.730. The Morgan fingerprint density at radius 2 is 1.94 bits per heavy atom. The molecule has 4 heteroatoms. The van der Waals surface area contributed by atoms with Gasteiger partial charge in [-0.25, -0.2) is 0 Å². The molecule has 0 saturated carbocycles. The average Bonchev–Trinajstić information content (AvgIpc) is 2.39. The second-order valence-electron chi connectivity index (χ2n) is 4.13. The predicted molar refractivity (Wildman–Crippen MR) is 80.7 cm³/mol. The van der Waals surface area contributed by atoms with E-state index in [2.05, 4.69) is 9.47 Å². The van der Waals surface area contributed by atoms with Crippen molar-refractivity contribution in [1.82, 2.24) is 0 Å². The maximum atomic E-state index is 12.5. The number of hydrogen-bond donors (Lipinski definition) is 0. The van der Waals surface area contributed by atoms with E-state index in [9.17, 15) is 4.79 Å². The lowest BCUT2D eigenvalue weighted by Gasteiger charge is -2.07. The monoisotopic (exact) mass is 274 g/mol. The molecule has 1 atom stereocenters. The van der Waals surface area contributed by atoms with Gasteiger partial charge in [0, 0.05) is 15.5 Å². The first-order valence-electron chi connectivity index (χ1n) is 5.54. The van der Waals surface area contributed by atoms with E-state index >= 15 is 0 Å². The highest BCUT2D eigenvalue weighted by Gasteiger charge is 2.11. The summed E-state index contributed by atoms with van der Waals surface area (Å²) in [6.07, 6.45) is 0. The summed E-state index contributed by atoms with van der Waals surface area (Å²) in [5.41, 5.74) is 1.07. The summed E-state index contributed by atoms with van der Waals surface area (Å²) in [7, 11) is 2.24. The molecule has 0 fully saturated rings. The molecule has 0 radical (unpaired) electrons. The lowest BCUT2D eigenvalue weighted by molar-refractivity contribution is 0.655. The van der Waals surface area contributed by atoms with E-state index in [-0.39, 0.29) is 5.43 Å². The van der Waals surface area contributed by atoms with Gasteiger partial charge >= 0.3 is 0 Å². The second kappa shape index (κ2) is 4.34. The van der Waals surface area contributed by atoms with Crippen LogP contribution in [-0.2, 0) is 0 Å². The highest BCUT2D eigenvalue weighted by molar-refractivity contribution is 7.25. The van der Waals surface area contributed by atoms with Crippen molar-refractivity contribution in [2.75, 3.05) is 0 Å². The van der Waals surface area contributed by atoms with Crippen LogP contribution in [0, 0.1) is 6.92 Å². The Balaban J connectivity index is 2.63. The molecule has 0 aliphatic carbocycles. The first kappa shape index (κ1) is 11.6. The summed E-state index contributed by atoms with van der Waals surface area (Å²) >= 11 is 1.59. The van der Waals surface area contributed by atoms with E-state index in [1.54, 1.807) is 11.3 Å². The first-order valence-corrected chi connectivity index (χ1v) is 6.83. The molecular weight excluding hydrogens is 263 g/mol. The third kappa shape index (κ3) is 1.63. The minimum atomic E-state index is 0.0840. The van der Waals surface area contributed by atoms with Gasteiger partial charge in [0.2, 0.25) is 0 Å². The van der Waals surface area contributed by atoms with Crippen LogP contribution in [0.4, 0.5) is 0 Å². The largest absolute Gasteiger partial charge is 0.479 e. The topological polar surface area (TPSA) is 26.3 Å². The minimum absolute atomic E-state index is 0.0840. The van der Waals surface area contributed by atoms with Crippen molar-refractivity contribution in [2.45, 2.75) is 6.92 Å². The predicted octanol–water partition coefficient (Wildman–Crippen LogP) is 3.89. The summed E-state index contributed by atoms with van der Waals surface area (Å²) < 4.78 is 7.18. The van der Waals surface area contributed by atoms with Crippen molar-refractivity contribution < 1.29 is 4.52 Å². The number of rotatable bonds is 1. The van der Waals surface area contributed by atoms with Crippen molar-refractivity contribution in [3.05, 3.63) is 52.2 Å². The third-order valence-electron chi connectivity index (χ3n) is 3.03. The van der Waals surface area contributed by atoms with Crippen LogP contribution < -0.4 is 9.95 Å². The van der Waals surface area contributed by atoms with Crippen molar-refractivity contribution in [1.29, 1.82) is 0 Å². The van der Waals surface area contributed by atoms with E-state index in [1.807, 2.05) is 43.3 Å². The molecule has 2 aromatic carbocycles. The molecule has 0 N–H and O–H groups in total. The van der Waals surface area contributed by atoms with Crippen molar-refractivity contribution in [3.8, 4) is 5.75 Å². The van der Waals surface area contributed by atoms with Crippen LogP contribution in [0.1, 0.15) is 5.56 Å². The van der Waals surface area contributed by atoms with Gasteiger partial charge in [-0.1, -0.05) is 18.2 Å². The molecule has 0 spiro atoms. The zero-order chi connectivity index (χ0) is 12.7. The summed E-state index contributed by atoms with van der Waals surface area (Å²) in [5, 5.41) is 1.54. The molecule has 2 nitrogen and oxygen atoms in total. The van der Waals surface area contributed by atoms with Crippen molar-refractivity contribution in [2.24, 2.45) is 0 Å². The van der Waals surface area contributed by atoms with Gasteiger partial charge in [-0.3, -0.25) is 4.79 Å². The molecule has 90 valence electrons. The van der Waals surface area contributed by atoms with Crippen LogP contribution in [0.5, 0.6) is 5.75 Å². The number of benzene rings is 2. The van der Waals surface area contributed by atoms with E-state index in [4.69, 9.17) is 4.52 Å². The Labute approximate surface area is 111 Å². The molecule has 1 aromatic heterocycles. The zero-order valence-corrected chi connectivity index (χ0v) is 11.7. The molecule has 0 bridgehead atoms. The zero-order valence-electron chi connectivity index (χ0n) is 9.77. The highest BCUT2D eigenvalue weighted by atomic mass is 32.1. The molecule has 18 heavy (non-hydrogen) atoms. The van der Waals surface area contributed by atoms with E-state index in [1.165, 1.54) is 0 Å². The molecule has 0 saturated heterocycles. The van der Waals surface area contributed by atoms with Gasteiger partial charge < -0.3 is 4.52 Å². The lowest BCUT2D eigenvalue weighted by Crippen LogP contribution is -2.03. The van der Waals surface area contributed by atoms with Crippen molar-refractivity contribution >= 4 is 41.0 Å². The van der Waals surface area contributed by atoms with Crippen LogP contribution >= 0.6 is 20.8 Å². The highest BCUT2D eigenvalue weighted by Crippen LogP contribution is 2.34.